The maximum atomic E-state index is 13.1. The van der Waals surface area contributed by atoms with Crippen LogP contribution in [0.2, 0.25) is 5.15 Å². The van der Waals surface area contributed by atoms with Crippen LogP contribution in [-0.4, -0.2) is 29.3 Å². The molecule has 15 heavy (non-hydrogen) atoms. The lowest BCUT2D eigenvalue weighted by Crippen LogP contribution is -2.35. The minimum absolute atomic E-state index is 0.101. The Kier molecular flexibility index (Phi) is 3.07. The number of pyridine rings is 1. The highest BCUT2D eigenvalue weighted by molar-refractivity contribution is 6.29. The summed E-state index contributed by atoms with van der Waals surface area (Å²) < 4.78 is 13.1. The van der Waals surface area contributed by atoms with Crippen molar-refractivity contribution in [1.29, 1.82) is 0 Å². The molecule has 1 fully saturated rings. The molecule has 1 aromatic rings. The molecule has 0 spiro atoms. The molecule has 2 heterocycles. The first kappa shape index (κ1) is 10.6. The number of hydrogen-bond acceptors (Lipinski definition) is 3. The van der Waals surface area contributed by atoms with E-state index in [2.05, 4.69) is 4.98 Å². The zero-order valence-electron chi connectivity index (χ0n) is 8.16. The quantitative estimate of drug-likeness (QED) is 0.748. The van der Waals surface area contributed by atoms with Gasteiger partial charge in [0.1, 0.15) is 0 Å². The highest BCUT2D eigenvalue weighted by atomic mass is 35.5. The van der Waals surface area contributed by atoms with Gasteiger partial charge in [-0.2, -0.15) is 0 Å². The highest BCUT2D eigenvalue weighted by Gasteiger charge is 2.18. The molecule has 0 aliphatic carbocycles. The molecule has 1 aromatic heterocycles. The summed E-state index contributed by atoms with van der Waals surface area (Å²) in [6.07, 6.45) is 2.75. The van der Waals surface area contributed by atoms with Crippen molar-refractivity contribution >= 4 is 17.3 Å². The van der Waals surface area contributed by atoms with Gasteiger partial charge in [-0.1, -0.05) is 11.6 Å². The zero-order valence-corrected chi connectivity index (χ0v) is 8.91. The first-order valence-corrected chi connectivity index (χ1v) is 5.28. The van der Waals surface area contributed by atoms with Crippen LogP contribution in [0.4, 0.5) is 10.1 Å². The number of rotatable bonds is 1. The molecular weight excluding hydrogens is 219 g/mol. The summed E-state index contributed by atoms with van der Waals surface area (Å²) in [5.41, 5.74) is 0.726. The van der Waals surface area contributed by atoms with Crippen molar-refractivity contribution in [3.05, 3.63) is 23.2 Å². The lowest BCUT2D eigenvalue weighted by molar-refractivity contribution is 0.145. The Hall–Kier alpha value is -0.870. The van der Waals surface area contributed by atoms with Crippen LogP contribution >= 0.6 is 11.6 Å². The van der Waals surface area contributed by atoms with E-state index in [4.69, 9.17) is 11.6 Å². The van der Waals surface area contributed by atoms with Crippen molar-refractivity contribution < 1.29 is 9.50 Å². The van der Waals surface area contributed by atoms with Gasteiger partial charge in [0.15, 0.2) is 11.0 Å². The fraction of sp³-hybridized carbons (Fsp3) is 0.500. The summed E-state index contributed by atoms with van der Waals surface area (Å²) in [4.78, 5) is 5.76. The summed E-state index contributed by atoms with van der Waals surface area (Å²) in [5, 5.41) is 9.23. The van der Waals surface area contributed by atoms with Crippen LogP contribution in [0.15, 0.2) is 12.3 Å². The number of nitrogens with zero attached hydrogens (tertiary/aromatic N) is 2. The molecule has 3 nitrogen and oxygen atoms in total. The monoisotopic (exact) mass is 230 g/mol. The number of aromatic nitrogens is 1. The van der Waals surface area contributed by atoms with Crippen LogP contribution < -0.4 is 4.90 Å². The van der Waals surface area contributed by atoms with Gasteiger partial charge in [0.05, 0.1) is 18.0 Å². The Morgan fingerprint density at radius 2 is 2.13 bits per heavy atom. The lowest BCUT2D eigenvalue weighted by atomic mass is 10.1. The highest BCUT2D eigenvalue weighted by Crippen LogP contribution is 2.22. The molecule has 0 unspecified atom stereocenters. The zero-order chi connectivity index (χ0) is 10.8. The molecule has 0 amide bonds. The molecule has 82 valence electrons. The van der Waals surface area contributed by atoms with Gasteiger partial charge in [0.25, 0.3) is 0 Å². The third kappa shape index (κ3) is 2.38. The maximum Gasteiger partial charge on any atom is 0.164 e. The van der Waals surface area contributed by atoms with E-state index in [0.717, 1.165) is 18.8 Å². The average Bonchev–Trinajstić information content (AvgIpc) is 2.23. The fourth-order valence-corrected chi connectivity index (χ4v) is 1.81. The standard InChI is InChI=1S/C10H12ClFN2O/c11-10-9(12)5-7(6-13-10)14-3-1-8(15)2-4-14/h5-6,8,15H,1-4H2. The number of hydrogen-bond donors (Lipinski definition) is 1. The lowest BCUT2D eigenvalue weighted by Gasteiger charge is -2.31. The molecule has 1 aliphatic rings. The molecule has 1 aliphatic heterocycles. The van der Waals surface area contributed by atoms with Crippen molar-refractivity contribution in [2.24, 2.45) is 0 Å². The normalized spacial score (nSPS) is 18.2. The predicted molar refractivity (Wildman–Crippen MR) is 56.7 cm³/mol. The van der Waals surface area contributed by atoms with Crippen molar-refractivity contribution in [3.8, 4) is 0 Å². The minimum Gasteiger partial charge on any atom is -0.393 e. The van der Waals surface area contributed by atoms with Gasteiger partial charge in [0.2, 0.25) is 0 Å². The van der Waals surface area contributed by atoms with E-state index in [1.165, 1.54) is 6.07 Å². The van der Waals surface area contributed by atoms with Gasteiger partial charge in [-0.15, -0.1) is 0 Å². The van der Waals surface area contributed by atoms with Crippen LogP contribution in [0.25, 0.3) is 0 Å². The average molecular weight is 231 g/mol. The van der Waals surface area contributed by atoms with Crippen LogP contribution in [0, 0.1) is 5.82 Å². The van der Waals surface area contributed by atoms with Crippen LogP contribution in [-0.2, 0) is 0 Å². The number of piperidine rings is 1. The van der Waals surface area contributed by atoms with Crippen LogP contribution in [0.5, 0.6) is 0 Å². The number of anilines is 1. The molecule has 5 heteroatoms. The first-order chi connectivity index (χ1) is 7.16. The minimum atomic E-state index is -0.500. The number of aliphatic hydroxyl groups excluding tert-OH is 1. The van der Waals surface area contributed by atoms with E-state index in [-0.39, 0.29) is 11.3 Å². The van der Waals surface area contributed by atoms with E-state index in [9.17, 15) is 9.50 Å². The SMILES string of the molecule is OC1CCN(c2cnc(Cl)c(F)c2)CC1. The second-order valence-corrected chi connectivity index (χ2v) is 4.04. The van der Waals surface area contributed by atoms with Crippen LogP contribution in [0.1, 0.15) is 12.8 Å². The van der Waals surface area contributed by atoms with E-state index in [1.54, 1.807) is 6.20 Å². The Labute approximate surface area is 92.5 Å². The van der Waals surface area contributed by atoms with Crippen molar-refractivity contribution in [3.63, 3.8) is 0 Å². The summed E-state index contributed by atoms with van der Waals surface area (Å²) in [5.74, 6) is -0.500. The smallest absolute Gasteiger partial charge is 0.164 e. The Morgan fingerprint density at radius 3 is 2.73 bits per heavy atom. The Bertz CT molecular complexity index is 353. The summed E-state index contributed by atoms with van der Waals surface area (Å²) in [6, 6.07) is 1.38. The number of halogens is 2. The summed E-state index contributed by atoms with van der Waals surface area (Å²) >= 11 is 5.50. The molecule has 0 saturated carbocycles. The van der Waals surface area contributed by atoms with Crippen molar-refractivity contribution in [2.75, 3.05) is 18.0 Å². The van der Waals surface area contributed by atoms with Gasteiger partial charge in [-0.05, 0) is 12.8 Å². The third-order valence-electron chi connectivity index (χ3n) is 2.61. The van der Waals surface area contributed by atoms with Gasteiger partial charge in [-0.25, -0.2) is 9.37 Å². The predicted octanol–water partition coefficient (Wildman–Crippen LogP) is 1.84. The van der Waals surface area contributed by atoms with Gasteiger partial charge in [0, 0.05) is 19.2 Å². The largest absolute Gasteiger partial charge is 0.393 e. The Balaban J connectivity index is 2.12. The van der Waals surface area contributed by atoms with Crippen molar-refractivity contribution in [2.45, 2.75) is 18.9 Å². The number of aliphatic hydroxyl groups is 1. The molecule has 0 radical (unpaired) electrons. The molecule has 0 atom stereocenters. The van der Waals surface area contributed by atoms with E-state index in [1.807, 2.05) is 4.90 Å². The van der Waals surface area contributed by atoms with E-state index in [0.29, 0.717) is 12.8 Å². The molecular formula is C10H12ClFN2O. The van der Waals surface area contributed by atoms with Gasteiger partial charge < -0.3 is 10.0 Å². The van der Waals surface area contributed by atoms with Gasteiger partial charge in [-0.3, -0.25) is 0 Å². The van der Waals surface area contributed by atoms with Crippen LogP contribution in [0.3, 0.4) is 0 Å². The summed E-state index contributed by atoms with van der Waals surface area (Å²) in [6.45, 7) is 1.45. The first-order valence-electron chi connectivity index (χ1n) is 4.91. The van der Waals surface area contributed by atoms with Crippen molar-refractivity contribution in [1.82, 2.24) is 4.98 Å². The molecule has 1 saturated heterocycles. The van der Waals surface area contributed by atoms with E-state index >= 15 is 0 Å². The topological polar surface area (TPSA) is 36.4 Å². The van der Waals surface area contributed by atoms with E-state index < -0.39 is 5.82 Å². The second-order valence-electron chi connectivity index (χ2n) is 3.68. The maximum absolute atomic E-state index is 13.1. The second kappa shape index (κ2) is 4.33. The molecule has 0 aromatic carbocycles. The third-order valence-corrected chi connectivity index (χ3v) is 2.89. The fourth-order valence-electron chi connectivity index (χ4n) is 1.71. The Morgan fingerprint density at radius 1 is 1.47 bits per heavy atom. The summed E-state index contributed by atoms with van der Waals surface area (Å²) in [7, 11) is 0. The molecule has 2 rings (SSSR count). The molecule has 1 N–H and O–H groups in total. The molecule has 0 bridgehead atoms. The van der Waals surface area contributed by atoms with Gasteiger partial charge >= 0.3 is 0 Å².